The molecule has 0 aliphatic carbocycles. The molecule has 0 aromatic carbocycles. The number of carboxylic acid groups (broad SMARTS) is 1. The number of carbonyl (C=O) groups is 2. The first-order valence-corrected chi connectivity index (χ1v) is 5.42. The quantitative estimate of drug-likeness (QED) is 0.878. The van der Waals surface area contributed by atoms with Gasteiger partial charge >= 0.3 is 5.97 Å². The fourth-order valence-electron chi connectivity index (χ4n) is 1.17. The Labute approximate surface area is 101 Å². The second kappa shape index (κ2) is 5.60. The number of nitrogens with zero attached hydrogens (tertiary/aromatic N) is 1. The molecule has 1 amide bonds. The minimum absolute atomic E-state index is 0.103. The summed E-state index contributed by atoms with van der Waals surface area (Å²) in [5.74, 6) is -1.26. The molecular formula is C10H11BrN2O3. The molecule has 0 radical (unpaired) electrons. The summed E-state index contributed by atoms with van der Waals surface area (Å²) >= 11 is 3.20. The largest absolute Gasteiger partial charge is 0.481 e. The topological polar surface area (TPSA) is 79.3 Å². The normalized spacial score (nSPS) is 11.9. The SMILES string of the molecule is CC(CC(=O)O)NC(=O)c1ccncc1Br. The molecule has 1 rings (SSSR count). The number of rotatable bonds is 4. The van der Waals surface area contributed by atoms with Gasteiger partial charge in [-0.2, -0.15) is 0 Å². The van der Waals surface area contributed by atoms with Crippen LogP contribution in [0.2, 0.25) is 0 Å². The molecule has 1 aromatic heterocycles. The molecule has 1 atom stereocenters. The Hall–Kier alpha value is -1.43. The average Bonchev–Trinajstić information content (AvgIpc) is 2.16. The van der Waals surface area contributed by atoms with Gasteiger partial charge in [0.05, 0.1) is 12.0 Å². The minimum Gasteiger partial charge on any atom is -0.481 e. The number of aromatic nitrogens is 1. The van der Waals surface area contributed by atoms with Crippen molar-refractivity contribution >= 4 is 27.8 Å². The number of aliphatic carboxylic acids is 1. The van der Waals surface area contributed by atoms with Crippen LogP contribution in [0.5, 0.6) is 0 Å². The molecule has 2 N–H and O–H groups in total. The second-order valence-electron chi connectivity index (χ2n) is 3.33. The van der Waals surface area contributed by atoms with E-state index >= 15 is 0 Å². The van der Waals surface area contributed by atoms with Crippen LogP contribution in [-0.2, 0) is 4.79 Å². The lowest BCUT2D eigenvalue weighted by molar-refractivity contribution is -0.137. The van der Waals surface area contributed by atoms with Crippen molar-refractivity contribution < 1.29 is 14.7 Å². The van der Waals surface area contributed by atoms with E-state index in [-0.39, 0.29) is 12.3 Å². The van der Waals surface area contributed by atoms with Crippen LogP contribution in [0.15, 0.2) is 22.9 Å². The molecule has 1 heterocycles. The third-order valence-corrected chi connectivity index (χ3v) is 2.51. The summed E-state index contributed by atoms with van der Waals surface area (Å²) in [7, 11) is 0. The van der Waals surface area contributed by atoms with Crippen molar-refractivity contribution in [2.45, 2.75) is 19.4 Å². The number of carboxylic acids is 1. The summed E-state index contributed by atoms with van der Waals surface area (Å²) in [5.41, 5.74) is 0.437. The summed E-state index contributed by atoms with van der Waals surface area (Å²) in [5, 5.41) is 11.1. The maximum absolute atomic E-state index is 11.7. The predicted octanol–water partition coefficient (Wildman–Crippen LogP) is 1.44. The van der Waals surface area contributed by atoms with Gasteiger partial charge in [0.15, 0.2) is 0 Å². The van der Waals surface area contributed by atoms with Gasteiger partial charge in [0, 0.05) is 22.9 Å². The molecule has 6 heteroatoms. The molecule has 16 heavy (non-hydrogen) atoms. The van der Waals surface area contributed by atoms with E-state index in [0.717, 1.165) is 0 Å². The van der Waals surface area contributed by atoms with E-state index in [1.165, 1.54) is 12.4 Å². The van der Waals surface area contributed by atoms with Crippen molar-refractivity contribution in [1.82, 2.24) is 10.3 Å². The Kier molecular flexibility index (Phi) is 4.42. The Morgan fingerprint density at radius 3 is 2.88 bits per heavy atom. The minimum atomic E-state index is -0.943. The summed E-state index contributed by atoms with van der Waals surface area (Å²) in [4.78, 5) is 26.0. The monoisotopic (exact) mass is 286 g/mol. The van der Waals surface area contributed by atoms with E-state index in [1.54, 1.807) is 13.0 Å². The molecule has 1 unspecified atom stereocenters. The van der Waals surface area contributed by atoms with Gasteiger partial charge in [0.25, 0.3) is 5.91 Å². The zero-order valence-electron chi connectivity index (χ0n) is 8.61. The summed E-state index contributed by atoms with van der Waals surface area (Å²) in [6, 6.07) is 1.15. The van der Waals surface area contributed by atoms with Crippen molar-refractivity contribution in [3.63, 3.8) is 0 Å². The van der Waals surface area contributed by atoms with Gasteiger partial charge in [-0.15, -0.1) is 0 Å². The van der Waals surface area contributed by atoms with Crippen LogP contribution in [0, 0.1) is 0 Å². The first-order valence-electron chi connectivity index (χ1n) is 4.63. The first-order chi connectivity index (χ1) is 7.50. The molecule has 0 aliphatic heterocycles. The van der Waals surface area contributed by atoms with Gasteiger partial charge in [-0.25, -0.2) is 0 Å². The van der Waals surface area contributed by atoms with E-state index < -0.39 is 12.0 Å². The van der Waals surface area contributed by atoms with E-state index in [1.807, 2.05) is 0 Å². The third-order valence-electron chi connectivity index (χ3n) is 1.88. The van der Waals surface area contributed by atoms with E-state index in [2.05, 4.69) is 26.2 Å². The molecule has 1 aromatic rings. The van der Waals surface area contributed by atoms with Crippen LogP contribution in [-0.4, -0.2) is 28.0 Å². The number of hydrogen-bond acceptors (Lipinski definition) is 3. The summed E-state index contributed by atoms with van der Waals surface area (Å²) in [6.07, 6.45) is 2.91. The highest BCUT2D eigenvalue weighted by Gasteiger charge is 2.14. The van der Waals surface area contributed by atoms with Gasteiger partial charge in [-0.05, 0) is 28.9 Å². The van der Waals surface area contributed by atoms with Crippen molar-refractivity contribution in [3.8, 4) is 0 Å². The molecule has 0 saturated carbocycles. The lowest BCUT2D eigenvalue weighted by atomic mass is 10.2. The lowest BCUT2D eigenvalue weighted by Gasteiger charge is -2.11. The number of halogens is 1. The van der Waals surface area contributed by atoms with Crippen LogP contribution < -0.4 is 5.32 Å². The molecule has 0 fully saturated rings. The fourth-order valence-corrected chi connectivity index (χ4v) is 1.60. The van der Waals surface area contributed by atoms with Crippen LogP contribution in [0.25, 0.3) is 0 Å². The van der Waals surface area contributed by atoms with Gasteiger partial charge in [-0.3, -0.25) is 14.6 Å². The smallest absolute Gasteiger partial charge is 0.305 e. The Bertz CT molecular complexity index is 409. The Morgan fingerprint density at radius 2 is 2.31 bits per heavy atom. The molecule has 0 spiro atoms. The summed E-state index contributed by atoms with van der Waals surface area (Å²) in [6.45, 7) is 1.64. The number of hydrogen-bond donors (Lipinski definition) is 2. The van der Waals surface area contributed by atoms with E-state index in [0.29, 0.717) is 10.0 Å². The molecular weight excluding hydrogens is 276 g/mol. The first kappa shape index (κ1) is 12.6. The van der Waals surface area contributed by atoms with Gasteiger partial charge in [0.1, 0.15) is 0 Å². The number of nitrogens with one attached hydrogen (secondary N) is 1. The van der Waals surface area contributed by atoms with Crippen LogP contribution in [0.4, 0.5) is 0 Å². The Morgan fingerprint density at radius 1 is 1.62 bits per heavy atom. The lowest BCUT2D eigenvalue weighted by Crippen LogP contribution is -2.34. The highest BCUT2D eigenvalue weighted by molar-refractivity contribution is 9.10. The number of carbonyl (C=O) groups excluding carboxylic acids is 1. The van der Waals surface area contributed by atoms with E-state index in [4.69, 9.17) is 5.11 Å². The number of amides is 1. The maximum Gasteiger partial charge on any atom is 0.305 e. The molecule has 5 nitrogen and oxygen atoms in total. The molecule has 0 bridgehead atoms. The van der Waals surface area contributed by atoms with Crippen LogP contribution >= 0.6 is 15.9 Å². The van der Waals surface area contributed by atoms with Gasteiger partial charge in [0.2, 0.25) is 0 Å². The zero-order chi connectivity index (χ0) is 12.1. The maximum atomic E-state index is 11.7. The second-order valence-corrected chi connectivity index (χ2v) is 4.18. The number of pyridine rings is 1. The van der Waals surface area contributed by atoms with Crippen molar-refractivity contribution in [3.05, 3.63) is 28.5 Å². The Balaban J connectivity index is 2.66. The van der Waals surface area contributed by atoms with Gasteiger partial charge < -0.3 is 10.4 Å². The van der Waals surface area contributed by atoms with Crippen LogP contribution in [0.1, 0.15) is 23.7 Å². The van der Waals surface area contributed by atoms with Crippen molar-refractivity contribution in [1.29, 1.82) is 0 Å². The summed E-state index contributed by atoms with van der Waals surface area (Å²) < 4.78 is 0.579. The molecule has 0 saturated heterocycles. The average molecular weight is 287 g/mol. The fraction of sp³-hybridized carbons (Fsp3) is 0.300. The predicted molar refractivity (Wildman–Crippen MR) is 61.1 cm³/mol. The van der Waals surface area contributed by atoms with E-state index in [9.17, 15) is 9.59 Å². The van der Waals surface area contributed by atoms with Crippen molar-refractivity contribution in [2.24, 2.45) is 0 Å². The molecule has 0 aliphatic rings. The highest BCUT2D eigenvalue weighted by atomic mass is 79.9. The van der Waals surface area contributed by atoms with Crippen LogP contribution in [0.3, 0.4) is 0 Å². The van der Waals surface area contributed by atoms with Gasteiger partial charge in [-0.1, -0.05) is 0 Å². The molecule has 86 valence electrons. The standard InChI is InChI=1S/C10H11BrN2O3/c1-6(4-9(14)15)13-10(16)7-2-3-12-5-8(7)11/h2-3,5-6H,4H2,1H3,(H,13,16)(H,14,15). The third kappa shape index (κ3) is 3.62. The van der Waals surface area contributed by atoms with Crippen molar-refractivity contribution in [2.75, 3.05) is 0 Å². The zero-order valence-corrected chi connectivity index (χ0v) is 10.2. The highest BCUT2D eigenvalue weighted by Crippen LogP contribution is 2.14.